The van der Waals surface area contributed by atoms with Crippen LogP contribution < -0.4 is 0 Å². The maximum atomic E-state index is 13.9. The molecule has 0 aliphatic heterocycles. The zero-order valence-corrected chi connectivity index (χ0v) is 12.3. The molecule has 0 aromatic heterocycles. The third-order valence-corrected chi connectivity index (χ3v) is 3.24. The molecule has 0 heterocycles. The molecule has 0 unspecified atom stereocenters. The highest BCUT2D eigenvalue weighted by Crippen LogP contribution is 2.23. The molecule has 1 aromatic rings. The van der Waals surface area contributed by atoms with Crippen molar-refractivity contribution in [3.63, 3.8) is 0 Å². The third-order valence-electron chi connectivity index (χ3n) is 2.68. The van der Waals surface area contributed by atoms with E-state index in [1.54, 1.807) is 6.92 Å². The lowest BCUT2D eigenvalue weighted by Gasteiger charge is -2.20. The summed E-state index contributed by atoms with van der Waals surface area (Å²) in [4.78, 5) is 23.0. The summed E-state index contributed by atoms with van der Waals surface area (Å²) < 4.78 is 27.2. The number of hydrogen-bond donors (Lipinski definition) is 0. The molecule has 0 fully saturated rings. The molecule has 20 heavy (non-hydrogen) atoms. The van der Waals surface area contributed by atoms with Gasteiger partial charge in [0.1, 0.15) is 5.82 Å². The number of amides is 1. The standard InChI is InChI=1S/C12H13BrF2N2O3/c1-2-16(5-3-4-13)12(18)9-6-8(14)7-10(11(9)15)17(19)20/h6-7H,2-5H2,1H3. The van der Waals surface area contributed by atoms with Gasteiger partial charge >= 0.3 is 5.69 Å². The van der Waals surface area contributed by atoms with Crippen molar-refractivity contribution < 1.29 is 18.5 Å². The normalized spacial score (nSPS) is 10.4. The Hall–Kier alpha value is -1.57. The van der Waals surface area contributed by atoms with Crippen LogP contribution >= 0.6 is 15.9 Å². The van der Waals surface area contributed by atoms with Crippen LogP contribution in [0.25, 0.3) is 0 Å². The predicted molar refractivity (Wildman–Crippen MR) is 73.0 cm³/mol. The summed E-state index contributed by atoms with van der Waals surface area (Å²) in [6.45, 7) is 2.34. The first-order valence-corrected chi connectivity index (χ1v) is 7.03. The lowest BCUT2D eigenvalue weighted by atomic mass is 10.1. The van der Waals surface area contributed by atoms with Gasteiger partial charge in [-0.3, -0.25) is 14.9 Å². The molecule has 0 radical (unpaired) electrons. The maximum absolute atomic E-state index is 13.9. The molecule has 0 spiro atoms. The van der Waals surface area contributed by atoms with Crippen molar-refractivity contribution >= 4 is 27.5 Å². The Morgan fingerprint density at radius 3 is 2.60 bits per heavy atom. The fourth-order valence-corrected chi connectivity index (χ4v) is 1.94. The van der Waals surface area contributed by atoms with Gasteiger partial charge in [0.2, 0.25) is 5.82 Å². The van der Waals surface area contributed by atoms with Crippen LogP contribution in [0.5, 0.6) is 0 Å². The molecule has 110 valence electrons. The summed E-state index contributed by atoms with van der Waals surface area (Å²) in [5.41, 5.74) is -1.65. The molecule has 5 nitrogen and oxygen atoms in total. The van der Waals surface area contributed by atoms with Gasteiger partial charge in [-0.2, -0.15) is 4.39 Å². The van der Waals surface area contributed by atoms with Crippen molar-refractivity contribution in [2.75, 3.05) is 18.4 Å². The van der Waals surface area contributed by atoms with Crippen molar-refractivity contribution in [3.05, 3.63) is 39.4 Å². The zero-order chi connectivity index (χ0) is 15.3. The molecular weight excluding hydrogens is 338 g/mol. The summed E-state index contributed by atoms with van der Waals surface area (Å²) in [5, 5.41) is 11.3. The smallest absolute Gasteiger partial charge is 0.308 e. The van der Waals surface area contributed by atoms with Crippen LogP contribution in [0, 0.1) is 21.7 Å². The molecule has 0 atom stereocenters. The Bertz CT molecular complexity index is 526. The van der Waals surface area contributed by atoms with Crippen molar-refractivity contribution in [3.8, 4) is 0 Å². The number of halogens is 3. The molecule has 0 saturated carbocycles. The van der Waals surface area contributed by atoms with Gasteiger partial charge in [-0.15, -0.1) is 0 Å². The quantitative estimate of drug-likeness (QED) is 0.449. The van der Waals surface area contributed by atoms with Gasteiger partial charge in [-0.05, 0) is 19.4 Å². The first-order valence-electron chi connectivity index (χ1n) is 5.91. The number of nitrogens with zero attached hydrogens (tertiary/aromatic N) is 2. The highest BCUT2D eigenvalue weighted by atomic mass is 79.9. The largest absolute Gasteiger partial charge is 0.339 e. The van der Waals surface area contributed by atoms with E-state index in [4.69, 9.17) is 0 Å². The average molecular weight is 351 g/mol. The van der Waals surface area contributed by atoms with Gasteiger partial charge in [0.25, 0.3) is 5.91 Å². The van der Waals surface area contributed by atoms with E-state index in [1.807, 2.05) is 0 Å². The second-order valence-corrected chi connectivity index (χ2v) is 4.76. The predicted octanol–water partition coefficient (Wildman–Crippen LogP) is 3.12. The van der Waals surface area contributed by atoms with E-state index in [-0.39, 0.29) is 0 Å². The molecule has 8 heteroatoms. The first kappa shape index (κ1) is 16.5. The summed E-state index contributed by atoms with van der Waals surface area (Å²) in [5.74, 6) is -3.08. The molecule has 0 aliphatic carbocycles. The molecular formula is C12H13BrF2N2O3. The van der Waals surface area contributed by atoms with Crippen molar-refractivity contribution in [1.82, 2.24) is 4.90 Å². The van der Waals surface area contributed by atoms with E-state index in [9.17, 15) is 23.7 Å². The number of carbonyl (C=O) groups excluding carboxylic acids is 1. The van der Waals surface area contributed by atoms with E-state index in [0.29, 0.717) is 37.0 Å². The van der Waals surface area contributed by atoms with Gasteiger partial charge in [-0.25, -0.2) is 4.39 Å². The fourth-order valence-electron chi connectivity index (χ4n) is 1.69. The van der Waals surface area contributed by atoms with E-state index in [1.165, 1.54) is 4.90 Å². The molecule has 0 aliphatic rings. The Morgan fingerprint density at radius 2 is 2.10 bits per heavy atom. The highest BCUT2D eigenvalue weighted by molar-refractivity contribution is 9.09. The molecule has 1 aromatic carbocycles. The van der Waals surface area contributed by atoms with Crippen LogP contribution in [-0.4, -0.2) is 34.2 Å². The number of hydrogen-bond acceptors (Lipinski definition) is 3. The Labute approximate surface area is 122 Å². The van der Waals surface area contributed by atoms with Crippen LogP contribution in [-0.2, 0) is 0 Å². The number of nitro groups is 1. The number of carbonyl (C=O) groups is 1. The van der Waals surface area contributed by atoms with Crippen LogP contribution in [0.3, 0.4) is 0 Å². The van der Waals surface area contributed by atoms with Crippen LogP contribution in [0.4, 0.5) is 14.5 Å². The summed E-state index contributed by atoms with van der Waals surface area (Å²) >= 11 is 3.21. The van der Waals surface area contributed by atoms with Gasteiger partial charge in [0, 0.05) is 18.4 Å². The number of rotatable bonds is 6. The Balaban J connectivity index is 3.17. The van der Waals surface area contributed by atoms with Crippen molar-refractivity contribution in [2.24, 2.45) is 0 Å². The fraction of sp³-hybridized carbons (Fsp3) is 0.417. The number of nitro benzene ring substituents is 1. The van der Waals surface area contributed by atoms with E-state index in [2.05, 4.69) is 15.9 Å². The molecule has 0 N–H and O–H groups in total. The van der Waals surface area contributed by atoms with Crippen LogP contribution in [0.1, 0.15) is 23.7 Å². The SMILES string of the molecule is CCN(CCCBr)C(=O)c1cc(F)cc([N+](=O)[O-])c1F. The van der Waals surface area contributed by atoms with Gasteiger partial charge in [0.15, 0.2) is 0 Å². The maximum Gasteiger partial charge on any atom is 0.308 e. The van der Waals surface area contributed by atoms with Crippen molar-refractivity contribution in [2.45, 2.75) is 13.3 Å². The minimum Gasteiger partial charge on any atom is -0.339 e. The monoisotopic (exact) mass is 350 g/mol. The van der Waals surface area contributed by atoms with Crippen LogP contribution in [0.2, 0.25) is 0 Å². The molecule has 0 saturated heterocycles. The second-order valence-electron chi connectivity index (χ2n) is 3.97. The van der Waals surface area contributed by atoms with Crippen LogP contribution in [0.15, 0.2) is 12.1 Å². The zero-order valence-electron chi connectivity index (χ0n) is 10.7. The lowest BCUT2D eigenvalue weighted by molar-refractivity contribution is -0.387. The topological polar surface area (TPSA) is 63.5 Å². The van der Waals surface area contributed by atoms with Gasteiger partial charge in [-0.1, -0.05) is 15.9 Å². The molecule has 0 bridgehead atoms. The number of benzene rings is 1. The summed E-state index contributed by atoms with van der Waals surface area (Å²) in [7, 11) is 0. The Morgan fingerprint density at radius 1 is 1.45 bits per heavy atom. The Kier molecular flexibility index (Phi) is 6.00. The summed E-state index contributed by atoms with van der Waals surface area (Å²) in [6, 6.07) is 1.14. The van der Waals surface area contributed by atoms with E-state index in [0.717, 1.165) is 0 Å². The number of alkyl halides is 1. The van der Waals surface area contributed by atoms with Crippen molar-refractivity contribution in [1.29, 1.82) is 0 Å². The minimum absolute atomic E-state index is 0.301. The minimum atomic E-state index is -1.31. The molecule has 1 amide bonds. The highest BCUT2D eigenvalue weighted by Gasteiger charge is 2.26. The second kappa shape index (κ2) is 7.28. The molecule has 1 rings (SSSR count). The van der Waals surface area contributed by atoms with E-state index < -0.39 is 33.7 Å². The van der Waals surface area contributed by atoms with Gasteiger partial charge in [0.05, 0.1) is 16.6 Å². The summed E-state index contributed by atoms with van der Waals surface area (Å²) in [6.07, 6.45) is 0.638. The lowest BCUT2D eigenvalue weighted by Crippen LogP contribution is -2.32. The van der Waals surface area contributed by atoms with Gasteiger partial charge < -0.3 is 4.90 Å². The van der Waals surface area contributed by atoms with E-state index >= 15 is 0 Å². The third kappa shape index (κ3) is 3.72. The average Bonchev–Trinajstić information content (AvgIpc) is 2.41. The first-order chi connectivity index (χ1) is 9.42.